The van der Waals surface area contributed by atoms with Gasteiger partial charge in [-0.15, -0.1) is 0 Å². The highest BCUT2D eigenvalue weighted by molar-refractivity contribution is 5.82. The topological polar surface area (TPSA) is 96.6 Å². The van der Waals surface area contributed by atoms with Crippen molar-refractivity contribution in [2.24, 2.45) is 5.92 Å². The van der Waals surface area contributed by atoms with Crippen LogP contribution >= 0.6 is 0 Å². The van der Waals surface area contributed by atoms with Crippen molar-refractivity contribution in [2.75, 3.05) is 0 Å². The molecule has 1 aromatic heterocycles. The minimum Gasteiger partial charge on any atom is -0.481 e. The standard InChI is InChI=1S/C26H41NO5/c1-2-3-4-8-12-16-23(28)17-13-10-7-5-6-9-11-15-22(26(30)31)20-25(29)27-21-24-18-14-19-32-24/h9,11,14,18-19,22H,2-8,10,12-13,15-17,20-21H2,1H3,(H,27,29)(H,30,31)/b11-9+/t22-/m0/s1. The van der Waals surface area contributed by atoms with Crippen LogP contribution in [0.1, 0.15) is 103 Å². The van der Waals surface area contributed by atoms with Crippen molar-refractivity contribution in [3.05, 3.63) is 36.3 Å². The molecule has 0 aliphatic carbocycles. The second-order valence-corrected chi connectivity index (χ2v) is 8.46. The Hall–Kier alpha value is -2.37. The van der Waals surface area contributed by atoms with Crippen molar-refractivity contribution in [1.29, 1.82) is 0 Å². The van der Waals surface area contributed by atoms with E-state index in [1.807, 2.05) is 12.2 Å². The van der Waals surface area contributed by atoms with Crippen LogP contribution in [0.2, 0.25) is 0 Å². The Kier molecular flexibility index (Phi) is 15.8. The van der Waals surface area contributed by atoms with Gasteiger partial charge in [-0.25, -0.2) is 0 Å². The van der Waals surface area contributed by atoms with Crippen LogP contribution < -0.4 is 5.32 Å². The molecule has 6 nitrogen and oxygen atoms in total. The molecule has 1 rings (SSSR count). The number of carboxylic acid groups (broad SMARTS) is 1. The van der Waals surface area contributed by atoms with E-state index in [2.05, 4.69) is 12.2 Å². The second kappa shape index (κ2) is 18.2. The van der Waals surface area contributed by atoms with Crippen molar-refractivity contribution < 1.29 is 23.9 Å². The van der Waals surface area contributed by atoms with E-state index >= 15 is 0 Å². The summed E-state index contributed by atoms with van der Waals surface area (Å²) in [5.74, 6) is -0.947. The molecule has 32 heavy (non-hydrogen) atoms. The lowest BCUT2D eigenvalue weighted by Crippen LogP contribution is -2.27. The molecule has 0 unspecified atom stereocenters. The van der Waals surface area contributed by atoms with Crippen LogP contribution in [-0.2, 0) is 20.9 Å². The number of nitrogens with one attached hydrogen (secondary N) is 1. The highest BCUT2D eigenvalue weighted by Gasteiger charge is 2.19. The first-order chi connectivity index (χ1) is 15.5. The number of hydrogen-bond acceptors (Lipinski definition) is 4. The van der Waals surface area contributed by atoms with Gasteiger partial charge >= 0.3 is 5.97 Å². The molecule has 0 aliphatic rings. The van der Waals surface area contributed by atoms with E-state index in [4.69, 9.17) is 4.42 Å². The SMILES string of the molecule is CCCCCCCC(=O)CCCCCC/C=C/C[C@@H](CC(=O)NCc1ccco1)C(=O)O. The van der Waals surface area contributed by atoms with Gasteiger partial charge < -0.3 is 14.8 Å². The molecule has 0 radical (unpaired) electrons. The van der Waals surface area contributed by atoms with E-state index in [1.54, 1.807) is 12.1 Å². The molecule has 0 fully saturated rings. The van der Waals surface area contributed by atoms with Crippen LogP contribution in [0.5, 0.6) is 0 Å². The summed E-state index contributed by atoms with van der Waals surface area (Å²) in [5, 5.41) is 12.0. The van der Waals surface area contributed by atoms with Gasteiger partial charge in [-0.2, -0.15) is 0 Å². The lowest BCUT2D eigenvalue weighted by Gasteiger charge is -2.10. The third-order valence-corrected chi connectivity index (χ3v) is 5.54. The average Bonchev–Trinajstić information content (AvgIpc) is 3.29. The van der Waals surface area contributed by atoms with Crippen LogP contribution in [0, 0.1) is 5.92 Å². The molecule has 1 aromatic rings. The Bertz CT molecular complexity index is 666. The molecule has 0 spiro atoms. The third kappa shape index (κ3) is 14.6. The summed E-state index contributed by atoms with van der Waals surface area (Å²) in [6, 6.07) is 3.49. The molecule has 0 bridgehead atoms. The Balaban J connectivity index is 2.05. The molecule has 0 aromatic carbocycles. The highest BCUT2D eigenvalue weighted by Crippen LogP contribution is 2.13. The number of furan rings is 1. The summed E-state index contributed by atoms with van der Waals surface area (Å²) in [6.07, 6.45) is 18.1. The molecule has 0 saturated heterocycles. The molecule has 6 heteroatoms. The van der Waals surface area contributed by atoms with E-state index in [1.165, 1.54) is 31.9 Å². The van der Waals surface area contributed by atoms with Gasteiger partial charge in [0.15, 0.2) is 0 Å². The zero-order chi connectivity index (χ0) is 23.4. The Labute approximate surface area is 192 Å². The number of unbranched alkanes of at least 4 members (excludes halogenated alkanes) is 8. The maximum Gasteiger partial charge on any atom is 0.307 e. The third-order valence-electron chi connectivity index (χ3n) is 5.54. The fourth-order valence-corrected chi connectivity index (χ4v) is 3.53. The molecule has 1 amide bonds. The van der Waals surface area contributed by atoms with Gasteiger partial charge in [-0.05, 0) is 44.2 Å². The van der Waals surface area contributed by atoms with Crippen LogP contribution in [0.25, 0.3) is 0 Å². The number of Topliss-reactive ketones (excluding diaryl/α,β-unsaturated/α-hetero) is 1. The zero-order valence-electron chi connectivity index (χ0n) is 19.7. The quantitative estimate of drug-likeness (QED) is 0.183. The molecular weight excluding hydrogens is 406 g/mol. The summed E-state index contributed by atoms with van der Waals surface area (Å²) >= 11 is 0. The lowest BCUT2D eigenvalue weighted by atomic mass is 10.00. The summed E-state index contributed by atoms with van der Waals surface area (Å²) in [6.45, 7) is 2.46. The van der Waals surface area contributed by atoms with Crippen LogP contribution in [-0.4, -0.2) is 22.8 Å². The molecule has 0 saturated carbocycles. The van der Waals surface area contributed by atoms with Crippen molar-refractivity contribution in [1.82, 2.24) is 5.32 Å². The number of carbonyl (C=O) groups is 3. The van der Waals surface area contributed by atoms with Crippen molar-refractivity contribution in [3.8, 4) is 0 Å². The summed E-state index contributed by atoms with van der Waals surface area (Å²) < 4.78 is 5.14. The first-order valence-electron chi connectivity index (χ1n) is 12.2. The number of carboxylic acids is 1. The molecule has 2 N–H and O–H groups in total. The van der Waals surface area contributed by atoms with Crippen molar-refractivity contribution in [2.45, 2.75) is 103 Å². The van der Waals surface area contributed by atoms with Crippen LogP contribution in [0.15, 0.2) is 35.0 Å². The predicted octanol–water partition coefficient (Wildman–Crippen LogP) is 6.20. The van der Waals surface area contributed by atoms with Gasteiger partial charge in [-0.1, -0.05) is 57.6 Å². The largest absolute Gasteiger partial charge is 0.481 e. The van der Waals surface area contributed by atoms with E-state index < -0.39 is 11.9 Å². The zero-order valence-corrected chi connectivity index (χ0v) is 19.7. The Morgan fingerprint density at radius 1 is 1.00 bits per heavy atom. The summed E-state index contributed by atoms with van der Waals surface area (Å²) in [5.41, 5.74) is 0. The van der Waals surface area contributed by atoms with Gasteiger partial charge in [0.2, 0.25) is 5.91 Å². The fraction of sp³-hybridized carbons (Fsp3) is 0.654. The van der Waals surface area contributed by atoms with Crippen LogP contribution in [0.3, 0.4) is 0 Å². The minimum absolute atomic E-state index is 0.0486. The molecule has 180 valence electrons. The normalized spacial score (nSPS) is 12.2. The number of ketones is 1. The lowest BCUT2D eigenvalue weighted by molar-refractivity contribution is -0.143. The molecular formula is C26H41NO5. The van der Waals surface area contributed by atoms with Gasteiger partial charge in [0.05, 0.1) is 18.7 Å². The number of rotatable bonds is 20. The summed E-state index contributed by atoms with van der Waals surface area (Å²) in [4.78, 5) is 35.2. The van der Waals surface area contributed by atoms with Crippen molar-refractivity contribution >= 4 is 17.7 Å². The molecule has 1 atom stereocenters. The van der Waals surface area contributed by atoms with Gasteiger partial charge in [-0.3, -0.25) is 14.4 Å². The molecule has 0 aliphatic heterocycles. The predicted molar refractivity (Wildman–Crippen MR) is 126 cm³/mol. The number of aliphatic carboxylic acids is 1. The average molecular weight is 448 g/mol. The number of carbonyl (C=O) groups excluding carboxylic acids is 2. The minimum atomic E-state index is -0.960. The maximum atomic E-state index is 12.0. The fourth-order valence-electron chi connectivity index (χ4n) is 3.53. The maximum absolute atomic E-state index is 12.0. The Morgan fingerprint density at radius 2 is 1.69 bits per heavy atom. The van der Waals surface area contributed by atoms with Gasteiger partial charge in [0.25, 0.3) is 0 Å². The number of allylic oxidation sites excluding steroid dienone is 2. The second-order valence-electron chi connectivity index (χ2n) is 8.46. The van der Waals surface area contributed by atoms with E-state index in [9.17, 15) is 19.5 Å². The van der Waals surface area contributed by atoms with E-state index in [-0.39, 0.29) is 18.9 Å². The summed E-state index contributed by atoms with van der Waals surface area (Å²) in [7, 11) is 0. The Morgan fingerprint density at radius 3 is 2.31 bits per heavy atom. The van der Waals surface area contributed by atoms with Gasteiger partial charge in [0, 0.05) is 19.3 Å². The smallest absolute Gasteiger partial charge is 0.307 e. The monoisotopic (exact) mass is 447 g/mol. The first-order valence-corrected chi connectivity index (χ1v) is 12.2. The molecule has 1 heterocycles. The number of hydrogen-bond donors (Lipinski definition) is 2. The van der Waals surface area contributed by atoms with Crippen LogP contribution in [0.4, 0.5) is 0 Å². The van der Waals surface area contributed by atoms with Gasteiger partial charge in [0.1, 0.15) is 11.5 Å². The highest BCUT2D eigenvalue weighted by atomic mass is 16.4. The first kappa shape index (κ1) is 27.7. The van der Waals surface area contributed by atoms with E-state index in [0.29, 0.717) is 24.4 Å². The van der Waals surface area contributed by atoms with E-state index in [0.717, 1.165) is 44.9 Å². The van der Waals surface area contributed by atoms with Crippen molar-refractivity contribution in [3.63, 3.8) is 0 Å². The number of amides is 1.